The number of halogens is 2. The maximum absolute atomic E-state index is 6.62. The minimum absolute atomic E-state index is 0.0463. The molecule has 0 amide bonds. The topological polar surface area (TPSA) is 9.23 Å². The third kappa shape index (κ3) is 2.92. The minimum atomic E-state index is 0.0463. The van der Waals surface area contributed by atoms with Crippen LogP contribution in [0.15, 0.2) is 10.5 Å². The first-order chi connectivity index (χ1) is 8.50. The van der Waals surface area contributed by atoms with Gasteiger partial charge in [-0.05, 0) is 62.3 Å². The lowest BCUT2D eigenvalue weighted by atomic mass is 9.94. The highest BCUT2D eigenvalue weighted by atomic mass is 79.9. The summed E-state index contributed by atoms with van der Waals surface area (Å²) in [6.45, 7) is 7.30. The zero-order chi connectivity index (χ0) is 13.3. The van der Waals surface area contributed by atoms with Crippen LogP contribution in [0.1, 0.15) is 46.9 Å². The highest BCUT2D eigenvalue weighted by molar-refractivity contribution is 9.10. The molecule has 1 heterocycles. The number of alkyl halides is 1. The summed E-state index contributed by atoms with van der Waals surface area (Å²) < 4.78 is 6.86. The van der Waals surface area contributed by atoms with Crippen molar-refractivity contribution in [2.75, 3.05) is 6.61 Å². The van der Waals surface area contributed by atoms with Gasteiger partial charge in [0, 0.05) is 11.1 Å². The predicted octanol–water partition coefficient (Wildman–Crippen LogP) is 5.22. The van der Waals surface area contributed by atoms with Crippen LogP contribution in [0.4, 0.5) is 0 Å². The van der Waals surface area contributed by atoms with Gasteiger partial charge in [0.05, 0.1) is 11.5 Å². The summed E-state index contributed by atoms with van der Waals surface area (Å²) in [5, 5.41) is 0.0463. The van der Waals surface area contributed by atoms with Gasteiger partial charge < -0.3 is 4.74 Å². The number of rotatable bonds is 3. The molecule has 0 N–H and O–H groups in total. The molecule has 1 aliphatic heterocycles. The molecule has 1 saturated heterocycles. The summed E-state index contributed by atoms with van der Waals surface area (Å²) in [5.74, 6) is 0. The first kappa shape index (κ1) is 14.4. The Kier molecular flexibility index (Phi) is 4.74. The molecule has 100 valence electrons. The van der Waals surface area contributed by atoms with E-state index in [4.69, 9.17) is 16.3 Å². The third-order valence-electron chi connectivity index (χ3n) is 3.74. The maximum Gasteiger partial charge on any atom is 0.0615 e. The fraction of sp³-hybridized carbons (Fsp3) is 0.600. The van der Waals surface area contributed by atoms with Gasteiger partial charge in [0.1, 0.15) is 0 Å². The third-order valence-corrected chi connectivity index (χ3v) is 5.36. The molecule has 3 heteroatoms. The Morgan fingerprint density at radius 3 is 2.72 bits per heavy atom. The molecule has 1 nitrogen and oxygen atoms in total. The smallest absolute Gasteiger partial charge is 0.0615 e. The van der Waals surface area contributed by atoms with Crippen molar-refractivity contribution in [3.05, 3.63) is 32.8 Å². The van der Waals surface area contributed by atoms with Crippen molar-refractivity contribution in [2.45, 2.75) is 51.5 Å². The second-order valence-electron chi connectivity index (χ2n) is 5.20. The summed E-state index contributed by atoms with van der Waals surface area (Å²) in [6.07, 6.45) is 3.57. The Balaban J connectivity index is 2.23. The summed E-state index contributed by atoms with van der Waals surface area (Å²) in [6, 6.07) is 2.21. The summed E-state index contributed by atoms with van der Waals surface area (Å²) >= 11 is 10.3. The van der Waals surface area contributed by atoms with E-state index in [9.17, 15) is 0 Å². The second-order valence-corrected chi connectivity index (χ2v) is 6.52. The van der Waals surface area contributed by atoms with Gasteiger partial charge in [-0.15, -0.1) is 11.6 Å². The average molecular weight is 332 g/mol. The van der Waals surface area contributed by atoms with Gasteiger partial charge >= 0.3 is 0 Å². The van der Waals surface area contributed by atoms with Crippen LogP contribution in [0.5, 0.6) is 0 Å². The molecule has 0 radical (unpaired) electrons. The van der Waals surface area contributed by atoms with E-state index in [1.165, 1.54) is 33.1 Å². The molecule has 1 aromatic rings. The Bertz CT molecular complexity index is 439. The minimum Gasteiger partial charge on any atom is -0.378 e. The van der Waals surface area contributed by atoms with Crippen molar-refractivity contribution in [1.82, 2.24) is 0 Å². The Morgan fingerprint density at radius 1 is 1.39 bits per heavy atom. The Labute approximate surface area is 123 Å². The lowest BCUT2D eigenvalue weighted by Crippen LogP contribution is -2.10. The van der Waals surface area contributed by atoms with Gasteiger partial charge in [0.2, 0.25) is 0 Å². The van der Waals surface area contributed by atoms with Gasteiger partial charge in [0.15, 0.2) is 0 Å². The highest BCUT2D eigenvalue weighted by Crippen LogP contribution is 2.37. The van der Waals surface area contributed by atoms with Crippen LogP contribution in [-0.4, -0.2) is 12.7 Å². The summed E-state index contributed by atoms with van der Waals surface area (Å²) in [4.78, 5) is 0. The van der Waals surface area contributed by atoms with E-state index in [2.05, 4.69) is 42.8 Å². The average Bonchev–Trinajstić information content (AvgIpc) is 2.78. The molecule has 1 fully saturated rings. The van der Waals surface area contributed by atoms with Gasteiger partial charge in [-0.1, -0.05) is 22.0 Å². The predicted molar refractivity (Wildman–Crippen MR) is 80.5 cm³/mol. The SMILES string of the molecule is Cc1cc(C)c(C(Cl)CC2CCCO2)c(C)c1Br. The van der Waals surface area contributed by atoms with Crippen LogP contribution in [0.3, 0.4) is 0 Å². The quantitative estimate of drug-likeness (QED) is 0.690. The zero-order valence-electron chi connectivity index (χ0n) is 11.2. The van der Waals surface area contributed by atoms with E-state index in [1.807, 2.05) is 0 Å². The van der Waals surface area contributed by atoms with Crippen LogP contribution in [0.25, 0.3) is 0 Å². The number of hydrogen-bond acceptors (Lipinski definition) is 1. The molecule has 0 bridgehead atoms. The molecule has 1 aliphatic rings. The standard InChI is InChI=1S/C15H20BrClO/c1-9-7-10(2)15(16)11(3)14(9)13(17)8-12-5-4-6-18-12/h7,12-13H,4-6,8H2,1-3H3. The zero-order valence-corrected chi connectivity index (χ0v) is 13.6. The lowest BCUT2D eigenvalue weighted by Gasteiger charge is -2.20. The number of ether oxygens (including phenoxy) is 1. The lowest BCUT2D eigenvalue weighted by molar-refractivity contribution is 0.103. The van der Waals surface area contributed by atoms with E-state index in [0.717, 1.165) is 19.4 Å². The van der Waals surface area contributed by atoms with E-state index < -0.39 is 0 Å². The normalized spacial score (nSPS) is 21.3. The van der Waals surface area contributed by atoms with Gasteiger partial charge in [-0.2, -0.15) is 0 Å². The van der Waals surface area contributed by atoms with E-state index in [-0.39, 0.29) is 5.38 Å². The monoisotopic (exact) mass is 330 g/mol. The van der Waals surface area contributed by atoms with Crippen molar-refractivity contribution in [2.24, 2.45) is 0 Å². The van der Waals surface area contributed by atoms with Crippen molar-refractivity contribution in [3.8, 4) is 0 Å². The molecule has 0 aromatic heterocycles. The molecule has 2 rings (SSSR count). The molecule has 0 aliphatic carbocycles. The molecular formula is C15H20BrClO. The van der Waals surface area contributed by atoms with Gasteiger partial charge in [-0.3, -0.25) is 0 Å². The first-order valence-electron chi connectivity index (χ1n) is 6.52. The number of benzene rings is 1. The number of hydrogen-bond donors (Lipinski definition) is 0. The highest BCUT2D eigenvalue weighted by Gasteiger charge is 2.23. The van der Waals surface area contributed by atoms with Crippen LogP contribution in [0, 0.1) is 20.8 Å². The molecule has 2 unspecified atom stereocenters. The molecule has 2 atom stereocenters. The van der Waals surface area contributed by atoms with Crippen molar-refractivity contribution >= 4 is 27.5 Å². The fourth-order valence-electron chi connectivity index (χ4n) is 2.84. The van der Waals surface area contributed by atoms with Crippen molar-refractivity contribution < 1.29 is 4.74 Å². The van der Waals surface area contributed by atoms with Crippen molar-refractivity contribution in [1.29, 1.82) is 0 Å². The molecule has 0 spiro atoms. The fourth-order valence-corrected chi connectivity index (χ4v) is 3.70. The molecule has 0 saturated carbocycles. The van der Waals surface area contributed by atoms with E-state index in [1.54, 1.807) is 0 Å². The maximum atomic E-state index is 6.62. The Morgan fingerprint density at radius 2 is 2.11 bits per heavy atom. The van der Waals surface area contributed by atoms with Crippen LogP contribution < -0.4 is 0 Å². The van der Waals surface area contributed by atoms with Crippen LogP contribution in [-0.2, 0) is 4.74 Å². The van der Waals surface area contributed by atoms with E-state index >= 15 is 0 Å². The summed E-state index contributed by atoms with van der Waals surface area (Å²) in [7, 11) is 0. The first-order valence-corrected chi connectivity index (χ1v) is 7.75. The van der Waals surface area contributed by atoms with Gasteiger partial charge in [0.25, 0.3) is 0 Å². The molecule has 1 aromatic carbocycles. The number of aryl methyl sites for hydroxylation is 2. The van der Waals surface area contributed by atoms with Crippen molar-refractivity contribution in [3.63, 3.8) is 0 Å². The molecule has 18 heavy (non-hydrogen) atoms. The van der Waals surface area contributed by atoms with Crippen LogP contribution >= 0.6 is 27.5 Å². The largest absolute Gasteiger partial charge is 0.378 e. The van der Waals surface area contributed by atoms with Gasteiger partial charge in [-0.25, -0.2) is 0 Å². The molecular weight excluding hydrogens is 312 g/mol. The Hall–Kier alpha value is -0.0500. The van der Waals surface area contributed by atoms with E-state index in [0.29, 0.717) is 6.10 Å². The summed E-state index contributed by atoms with van der Waals surface area (Å²) in [5.41, 5.74) is 5.09. The van der Waals surface area contributed by atoms with Crippen LogP contribution in [0.2, 0.25) is 0 Å². The second kappa shape index (κ2) is 5.94.